The molecule has 0 fully saturated rings. The molecule has 2 N–H and O–H groups in total. The number of hydrogen-bond acceptors (Lipinski definition) is 3. The first-order valence-electron chi connectivity index (χ1n) is 9.14. The van der Waals surface area contributed by atoms with E-state index in [-0.39, 0.29) is 5.91 Å². The minimum Gasteiger partial charge on any atom is -0.497 e. The van der Waals surface area contributed by atoms with Gasteiger partial charge in [0.25, 0.3) is 0 Å². The quantitative estimate of drug-likeness (QED) is 0.536. The average Bonchev–Trinajstić information content (AvgIpc) is 3.22. The molecule has 1 amide bonds. The first-order valence-corrected chi connectivity index (χ1v) is 9.14. The van der Waals surface area contributed by atoms with Gasteiger partial charge in [-0.2, -0.15) is 0 Å². The third kappa shape index (κ3) is 3.74. The van der Waals surface area contributed by atoms with Gasteiger partial charge in [0.1, 0.15) is 11.4 Å². The zero-order valence-electron chi connectivity index (χ0n) is 15.6. The second-order valence-corrected chi connectivity index (χ2v) is 6.56. The Kier molecular flexibility index (Phi) is 5.06. The Labute approximate surface area is 163 Å². The lowest BCUT2D eigenvalue weighted by atomic mass is 9.96. The van der Waals surface area contributed by atoms with Gasteiger partial charge >= 0.3 is 0 Å². The maximum atomic E-state index is 12.6. The summed E-state index contributed by atoms with van der Waals surface area (Å²) in [7, 11) is 1.64. The fraction of sp³-hybridized carbons (Fsp3) is 0.130. The zero-order valence-corrected chi connectivity index (χ0v) is 15.6. The molecule has 4 rings (SSSR count). The Morgan fingerprint density at radius 3 is 2.68 bits per heavy atom. The SMILES string of the molecule is COc1ccc(CNC(=O)Cc2ccccc2-c2ccnc3[nH]ccc23)cc1. The first-order chi connectivity index (χ1) is 13.7. The van der Waals surface area contributed by atoms with Crippen molar-refractivity contribution in [1.82, 2.24) is 15.3 Å². The van der Waals surface area contributed by atoms with Gasteiger partial charge in [-0.25, -0.2) is 4.98 Å². The molecule has 0 aliphatic rings. The van der Waals surface area contributed by atoms with Crippen LogP contribution in [-0.2, 0) is 17.8 Å². The Morgan fingerprint density at radius 1 is 1.04 bits per heavy atom. The number of aromatic amines is 1. The number of hydrogen-bond donors (Lipinski definition) is 2. The summed E-state index contributed by atoms with van der Waals surface area (Å²) in [6.07, 6.45) is 3.99. The fourth-order valence-electron chi connectivity index (χ4n) is 3.31. The highest BCUT2D eigenvalue weighted by Gasteiger charge is 2.12. The van der Waals surface area contributed by atoms with Crippen molar-refractivity contribution in [2.75, 3.05) is 7.11 Å². The number of ether oxygens (including phenoxy) is 1. The van der Waals surface area contributed by atoms with Gasteiger partial charge in [0.15, 0.2) is 0 Å². The van der Waals surface area contributed by atoms with Crippen molar-refractivity contribution in [3.63, 3.8) is 0 Å². The number of aromatic nitrogens is 2. The van der Waals surface area contributed by atoms with Crippen LogP contribution in [0.2, 0.25) is 0 Å². The molecule has 5 heteroatoms. The predicted molar refractivity (Wildman–Crippen MR) is 110 cm³/mol. The Bertz CT molecular complexity index is 1100. The molecule has 28 heavy (non-hydrogen) atoms. The summed E-state index contributed by atoms with van der Waals surface area (Å²) in [6.45, 7) is 0.488. The molecule has 0 atom stereocenters. The van der Waals surface area contributed by atoms with E-state index in [4.69, 9.17) is 4.74 Å². The number of rotatable bonds is 6. The molecule has 0 aliphatic heterocycles. The van der Waals surface area contributed by atoms with Gasteiger partial charge in [-0.3, -0.25) is 4.79 Å². The topological polar surface area (TPSA) is 67.0 Å². The predicted octanol–water partition coefficient (Wildman–Crippen LogP) is 4.10. The molecule has 5 nitrogen and oxygen atoms in total. The highest BCUT2D eigenvalue weighted by atomic mass is 16.5. The van der Waals surface area contributed by atoms with E-state index in [0.717, 1.165) is 39.0 Å². The van der Waals surface area contributed by atoms with Crippen molar-refractivity contribution < 1.29 is 9.53 Å². The smallest absolute Gasteiger partial charge is 0.224 e. The average molecular weight is 371 g/mol. The first kappa shape index (κ1) is 17.8. The lowest BCUT2D eigenvalue weighted by Crippen LogP contribution is -2.24. The summed E-state index contributed by atoms with van der Waals surface area (Å²) in [5.41, 5.74) is 4.99. The molecule has 2 aromatic heterocycles. The summed E-state index contributed by atoms with van der Waals surface area (Å²) in [5.74, 6) is 0.792. The van der Waals surface area contributed by atoms with Gasteiger partial charge in [-0.05, 0) is 46.5 Å². The normalized spacial score (nSPS) is 10.8. The van der Waals surface area contributed by atoms with Gasteiger partial charge in [-0.15, -0.1) is 0 Å². The molecular formula is C23H21N3O2. The Balaban J connectivity index is 1.50. The van der Waals surface area contributed by atoms with Gasteiger partial charge in [0, 0.05) is 24.3 Å². The molecule has 0 spiro atoms. The van der Waals surface area contributed by atoms with Crippen molar-refractivity contribution >= 4 is 16.9 Å². The van der Waals surface area contributed by atoms with E-state index in [9.17, 15) is 4.79 Å². The van der Waals surface area contributed by atoms with Crippen LogP contribution in [-0.4, -0.2) is 23.0 Å². The van der Waals surface area contributed by atoms with Crippen LogP contribution in [0.15, 0.2) is 73.1 Å². The second kappa shape index (κ2) is 7.96. The van der Waals surface area contributed by atoms with Crippen LogP contribution in [0, 0.1) is 0 Å². The highest BCUT2D eigenvalue weighted by Crippen LogP contribution is 2.30. The van der Waals surface area contributed by atoms with E-state index < -0.39 is 0 Å². The van der Waals surface area contributed by atoms with E-state index in [0.29, 0.717) is 13.0 Å². The van der Waals surface area contributed by atoms with E-state index >= 15 is 0 Å². The molecule has 4 aromatic rings. The summed E-state index contributed by atoms with van der Waals surface area (Å²) in [4.78, 5) is 20.0. The van der Waals surface area contributed by atoms with E-state index in [2.05, 4.69) is 15.3 Å². The maximum absolute atomic E-state index is 12.6. The van der Waals surface area contributed by atoms with E-state index in [1.54, 1.807) is 13.3 Å². The third-order valence-corrected chi connectivity index (χ3v) is 4.77. The number of amides is 1. The summed E-state index contributed by atoms with van der Waals surface area (Å²) in [5, 5.41) is 4.05. The number of carbonyl (C=O) groups is 1. The molecule has 0 bridgehead atoms. The van der Waals surface area contributed by atoms with Crippen LogP contribution < -0.4 is 10.1 Å². The molecule has 2 heterocycles. The minimum atomic E-state index is -0.0114. The molecule has 0 aliphatic carbocycles. The molecular weight excluding hydrogens is 350 g/mol. The van der Waals surface area contributed by atoms with Crippen molar-refractivity contribution in [3.8, 4) is 16.9 Å². The van der Waals surface area contributed by atoms with Gasteiger partial charge in [0.2, 0.25) is 5.91 Å². The summed E-state index contributed by atoms with van der Waals surface area (Å²) >= 11 is 0. The summed E-state index contributed by atoms with van der Waals surface area (Å²) in [6, 6.07) is 19.7. The van der Waals surface area contributed by atoms with Gasteiger partial charge < -0.3 is 15.0 Å². The monoisotopic (exact) mass is 371 g/mol. The number of pyridine rings is 1. The third-order valence-electron chi connectivity index (χ3n) is 4.77. The Hall–Kier alpha value is -3.60. The Morgan fingerprint density at radius 2 is 1.86 bits per heavy atom. The number of fused-ring (bicyclic) bond motifs is 1. The number of nitrogens with zero attached hydrogens (tertiary/aromatic N) is 1. The molecule has 0 unspecified atom stereocenters. The molecule has 0 saturated carbocycles. The standard InChI is InChI=1S/C23H21N3O2/c1-28-18-8-6-16(7-9-18)15-26-22(27)14-17-4-2-3-5-19(17)20-10-12-24-23-21(20)11-13-25-23/h2-13H,14-15H2,1H3,(H,24,25)(H,26,27). The molecule has 0 radical (unpaired) electrons. The highest BCUT2D eigenvalue weighted by molar-refractivity contribution is 5.94. The van der Waals surface area contributed by atoms with Crippen LogP contribution in [0.4, 0.5) is 0 Å². The number of methoxy groups -OCH3 is 1. The lowest BCUT2D eigenvalue weighted by Gasteiger charge is -2.11. The lowest BCUT2D eigenvalue weighted by molar-refractivity contribution is -0.120. The van der Waals surface area contributed by atoms with E-state index in [1.807, 2.05) is 66.9 Å². The van der Waals surface area contributed by atoms with Crippen LogP contribution in [0.5, 0.6) is 5.75 Å². The van der Waals surface area contributed by atoms with Gasteiger partial charge in [0.05, 0.1) is 13.5 Å². The maximum Gasteiger partial charge on any atom is 0.224 e. The number of benzene rings is 2. The van der Waals surface area contributed by atoms with Crippen LogP contribution >= 0.6 is 0 Å². The largest absolute Gasteiger partial charge is 0.497 e. The second-order valence-electron chi connectivity index (χ2n) is 6.56. The van der Waals surface area contributed by atoms with Crippen molar-refractivity contribution in [2.24, 2.45) is 0 Å². The van der Waals surface area contributed by atoms with Crippen molar-refractivity contribution in [2.45, 2.75) is 13.0 Å². The van der Waals surface area contributed by atoms with Crippen LogP contribution in [0.1, 0.15) is 11.1 Å². The molecule has 2 aromatic carbocycles. The fourth-order valence-corrected chi connectivity index (χ4v) is 3.31. The van der Waals surface area contributed by atoms with E-state index in [1.165, 1.54) is 0 Å². The molecule has 140 valence electrons. The number of carbonyl (C=O) groups excluding carboxylic acids is 1. The van der Waals surface area contributed by atoms with Crippen molar-refractivity contribution in [1.29, 1.82) is 0 Å². The number of nitrogens with one attached hydrogen (secondary N) is 2. The number of H-pyrrole nitrogens is 1. The van der Waals surface area contributed by atoms with Gasteiger partial charge in [-0.1, -0.05) is 36.4 Å². The molecule has 0 saturated heterocycles. The minimum absolute atomic E-state index is 0.0114. The van der Waals surface area contributed by atoms with Crippen LogP contribution in [0.25, 0.3) is 22.2 Å². The summed E-state index contributed by atoms with van der Waals surface area (Å²) < 4.78 is 5.16. The zero-order chi connectivity index (χ0) is 19.3. The van der Waals surface area contributed by atoms with Crippen LogP contribution in [0.3, 0.4) is 0 Å². The van der Waals surface area contributed by atoms with Crippen molar-refractivity contribution in [3.05, 3.63) is 84.2 Å².